The number of aryl methyl sites for hydroxylation is 2. The Kier molecular flexibility index (Phi) is 6.78. The van der Waals surface area contributed by atoms with Crippen molar-refractivity contribution < 1.29 is 23.9 Å². The highest BCUT2D eigenvalue weighted by atomic mass is 32.1. The maximum atomic E-state index is 12.6. The summed E-state index contributed by atoms with van der Waals surface area (Å²) in [5.74, 6) is -1.47. The normalized spacial score (nSPS) is 16.0. The summed E-state index contributed by atoms with van der Waals surface area (Å²) in [6.07, 6.45) is 1.48. The van der Waals surface area contributed by atoms with Crippen LogP contribution in [-0.2, 0) is 14.4 Å². The zero-order chi connectivity index (χ0) is 23.6. The van der Waals surface area contributed by atoms with Crippen molar-refractivity contribution >= 4 is 40.7 Å². The number of amides is 3. The van der Waals surface area contributed by atoms with Gasteiger partial charge in [0.2, 0.25) is 5.06 Å². The number of rotatable bonds is 5. The number of carbonyl (C=O) groups excluding carboxylic acids is 4. The van der Waals surface area contributed by atoms with Gasteiger partial charge in [-0.3, -0.25) is 14.4 Å². The molecular formula is C23H25N3O5S. The number of likely N-dealkylation sites (N-methyl/N-ethyl adjacent to an activating group) is 1. The smallest absolute Gasteiger partial charge is 0.320 e. The Balaban J connectivity index is 1.88. The third-order valence-electron chi connectivity index (χ3n) is 5.19. The number of ether oxygens (including phenoxy) is 1. The second kappa shape index (κ2) is 9.35. The minimum Gasteiger partial charge on any atom is -0.413 e. The maximum absolute atomic E-state index is 12.6. The van der Waals surface area contributed by atoms with Gasteiger partial charge in [0.15, 0.2) is 11.8 Å². The summed E-state index contributed by atoms with van der Waals surface area (Å²) < 4.78 is 5.43. The van der Waals surface area contributed by atoms with Crippen molar-refractivity contribution in [1.29, 1.82) is 0 Å². The highest BCUT2D eigenvalue weighted by molar-refractivity contribution is 7.18. The van der Waals surface area contributed by atoms with E-state index in [1.54, 1.807) is 19.9 Å². The fourth-order valence-electron chi connectivity index (χ4n) is 3.34. The summed E-state index contributed by atoms with van der Waals surface area (Å²) in [6.45, 7) is 7.27. The van der Waals surface area contributed by atoms with E-state index in [0.717, 1.165) is 21.6 Å². The quantitative estimate of drug-likeness (QED) is 0.527. The molecule has 1 aromatic carbocycles. The third kappa shape index (κ3) is 4.72. The van der Waals surface area contributed by atoms with Gasteiger partial charge >= 0.3 is 12.0 Å². The van der Waals surface area contributed by atoms with Crippen LogP contribution >= 0.6 is 11.3 Å². The Bertz CT molecular complexity index is 1110. The van der Waals surface area contributed by atoms with Crippen molar-refractivity contribution in [2.45, 2.75) is 40.2 Å². The first-order valence-electron chi connectivity index (χ1n) is 10.1. The van der Waals surface area contributed by atoms with E-state index in [4.69, 9.17) is 4.74 Å². The summed E-state index contributed by atoms with van der Waals surface area (Å²) in [5.41, 5.74) is 3.85. The zero-order valence-electron chi connectivity index (χ0n) is 18.6. The number of nitrogens with zero attached hydrogens (tertiary/aromatic N) is 1. The van der Waals surface area contributed by atoms with Crippen LogP contribution in [0.5, 0.6) is 5.06 Å². The predicted octanol–water partition coefficient (Wildman–Crippen LogP) is 3.78. The van der Waals surface area contributed by atoms with Gasteiger partial charge in [-0.1, -0.05) is 36.5 Å². The molecule has 32 heavy (non-hydrogen) atoms. The fourth-order valence-corrected chi connectivity index (χ4v) is 4.49. The maximum Gasteiger partial charge on any atom is 0.320 e. The van der Waals surface area contributed by atoms with Gasteiger partial charge in [-0.05, 0) is 43.5 Å². The molecule has 168 valence electrons. The molecule has 0 saturated carbocycles. The molecule has 1 atom stereocenters. The molecule has 0 fully saturated rings. The van der Waals surface area contributed by atoms with Crippen LogP contribution in [0.3, 0.4) is 0 Å². The lowest BCUT2D eigenvalue weighted by Gasteiger charge is -2.27. The van der Waals surface area contributed by atoms with E-state index in [-0.39, 0.29) is 17.2 Å². The van der Waals surface area contributed by atoms with Gasteiger partial charge in [-0.25, -0.2) is 4.79 Å². The Morgan fingerprint density at radius 3 is 2.44 bits per heavy atom. The van der Waals surface area contributed by atoms with Crippen molar-refractivity contribution in [2.75, 3.05) is 12.4 Å². The van der Waals surface area contributed by atoms with Gasteiger partial charge in [-0.2, -0.15) is 0 Å². The number of carbonyl (C=O) groups is 4. The number of thiophene rings is 1. The number of nitrogens with one attached hydrogen (secondary N) is 2. The molecule has 0 saturated heterocycles. The van der Waals surface area contributed by atoms with Crippen molar-refractivity contribution in [2.24, 2.45) is 0 Å². The second-order valence-electron chi connectivity index (χ2n) is 7.52. The number of allylic oxidation sites excluding steroid dienone is 1. The van der Waals surface area contributed by atoms with Crippen molar-refractivity contribution in [3.8, 4) is 15.5 Å². The molecule has 0 bridgehead atoms. The third-order valence-corrected chi connectivity index (χ3v) is 6.22. The highest BCUT2D eigenvalue weighted by Crippen LogP contribution is 2.43. The summed E-state index contributed by atoms with van der Waals surface area (Å²) in [4.78, 5) is 51.3. The van der Waals surface area contributed by atoms with E-state index in [1.807, 2.05) is 32.0 Å². The number of esters is 1. The van der Waals surface area contributed by atoms with Gasteiger partial charge < -0.3 is 20.3 Å². The lowest BCUT2D eigenvalue weighted by Crippen LogP contribution is -2.54. The van der Waals surface area contributed by atoms with Crippen LogP contribution in [0.1, 0.15) is 31.4 Å². The average molecular weight is 456 g/mol. The summed E-state index contributed by atoms with van der Waals surface area (Å²) in [5, 5.41) is 5.27. The van der Waals surface area contributed by atoms with E-state index in [1.165, 1.54) is 29.4 Å². The van der Waals surface area contributed by atoms with Crippen molar-refractivity contribution in [1.82, 2.24) is 10.2 Å². The van der Waals surface area contributed by atoms with E-state index >= 15 is 0 Å². The second-order valence-corrected chi connectivity index (χ2v) is 8.54. The lowest BCUT2D eigenvalue weighted by atomic mass is 10.0. The Hall–Kier alpha value is -3.46. The lowest BCUT2D eigenvalue weighted by molar-refractivity contribution is -0.136. The summed E-state index contributed by atoms with van der Waals surface area (Å²) in [6, 6.07) is 5.56. The van der Waals surface area contributed by atoms with Crippen molar-refractivity contribution in [3.63, 3.8) is 0 Å². The van der Waals surface area contributed by atoms with E-state index in [0.29, 0.717) is 5.70 Å². The van der Waals surface area contributed by atoms with Crippen LogP contribution in [0.4, 0.5) is 10.5 Å². The molecule has 1 unspecified atom stereocenters. The van der Waals surface area contributed by atoms with Crippen molar-refractivity contribution in [3.05, 3.63) is 47.2 Å². The van der Waals surface area contributed by atoms with Gasteiger partial charge in [0.1, 0.15) is 0 Å². The van der Waals surface area contributed by atoms with Gasteiger partial charge in [-0.15, -0.1) is 0 Å². The molecule has 0 radical (unpaired) electrons. The van der Waals surface area contributed by atoms with Crippen LogP contribution in [0, 0.1) is 13.8 Å². The van der Waals surface area contributed by atoms with Crippen LogP contribution in [-0.4, -0.2) is 41.7 Å². The largest absolute Gasteiger partial charge is 0.413 e. The average Bonchev–Trinajstić information content (AvgIpc) is 3.10. The number of anilines is 1. The zero-order valence-corrected chi connectivity index (χ0v) is 19.4. The molecule has 3 rings (SSSR count). The van der Waals surface area contributed by atoms with E-state index in [9.17, 15) is 19.2 Å². The topological polar surface area (TPSA) is 105 Å². The molecule has 2 aromatic rings. The van der Waals surface area contributed by atoms with Gasteiger partial charge in [0.25, 0.3) is 5.91 Å². The predicted molar refractivity (Wildman–Crippen MR) is 123 cm³/mol. The molecule has 8 nitrogen and oxygen atoms in total. The first kappa shape index (κ1) is 23.2. The molecule has 3 amide bonds. The molecule has 2 heterocycles. The summed E-state index contributed by atoms with van der Waals surface area (Å²) >= 11 is 1.24. The molecule has 1 aromatic heterocycles. The Morgan fingerprint density at radius 1 is 1.16 bits per heavy atom. The summed E-state index contributed by atoms with van der Waals surface area (Å²) in [7, 11) is 1.53. The van der Waals surface area contributed by atoms with Crippen LogP contribution in [0.15, 0.2) is 36.0 Å². The molecular weight excluding hydrogens is 430 g/mol. The first-order chi connectivity index (χ1) is 15.1. The number of hydrogen-bond acceptors (Lipinski definition) is 6. The molecule has 2 N–H and O–H groups in total. The minimum absolute atomic E-state index is 0.172. The first-order valence-corrected chi connectivity index (χ1v) is 10.9. The number of benzene rings is 1. The van der Waals surface area contributed by atoms with Crippen LogP contribution < -0.4 is 15.4 Å². The number of hydrogen-bond donors (Lipinski definition) is 2. The monoisotopic (exact) mass is 455 g/mol. The van der Waals surface area contributed by atoms with E-state index < -0.39 is 29.7 Å². The Morgan fingerprint density at radius 2 is 1.81 bits per heavy atom. The molecule has 0 spiro atoms. The molecule has 0 aliphatic carbocycles. The number of ketones is 1. The van der Waals surface area contributed by atoms with Crippen LogP contribution in [0.2, 0.25) is 0 Å². The van der Waals surface area contributed by atoms with Crippen LogP contribution in [0.25, 0.3) is 10.4 Å². The van der Waals surface area contributed by atoms with Gasteiger partial charge in [0.05, 0.1) is 5.69 Å². The molecule has 1 aliphatic rings. The minimum atomic E-state index is -1.32. The molecule has 9 heteroatoms. The Labute approximate surface area is 190 Å². The van der Waals surface area contributed by atoms with Gasteiger partial charge in [0, 0.05) is 30.1 Å². The standard InChI is InChI=1S/C23H25N3O5S/c1-6-18(28)31-22-15(11-17(32-22)19-12(2)8-7-9-13(19)3)24-23(30)25-20-16(27)10-14(4)26(5)21(20)29/h7-11,20H,6H2,1-5H3,(H2,24,25,30). The number of urea groups is 1. The SMILES string of the molecule is CCC(=O)Oc1sc(-c2c(C)cccc2C)cc1NC(=O)NC1C(=O)C=C(C)N(C)C1=O. The van der Waals surface area contributed by atoms with E-state index in [2.05, 4.69) is 10.6 Å². The highest BCUT2D eigenvalue weighted by Gasteiger charge is 2.34. The fraction of sp³-hybridized carbons (Fsp3) is 0.304. The molecule has 1 aliphatic heterocycles.